The minimum Gasteiger partial charge on any atom is -0.371 e. The van der Waals surface area contributed by atoms with Crippen molar-refractivity contribution in [1.29, 1.82) is 0 Å². The molecule has 0 aromatic heterocycles. The van der Waals surface area contributed by atoms with Crippen LogP contribution in [0.25, 0.3) is 0 Å². The first-order chi connectivity index (χ1) is 8.43. The van der Waals surface area contributed by atoms with Crippen LogP contribution < -0.4 is 10.2 Å². The molecule has 1 saturated heterocycles. The number of rotatable bonds is 3. The van der Waals surface area contributed by atoms with Gasteiger partial charge in [0.05, 0.1) is 0 Å². The molecule has 1 N–H and O–H groups in total. The first-order valence-electron chi connectivity index (χ1n) is 6.57. The zero-order valence-corrected chi connectivity index (χ0v) is 11.0. The van der Waals surface area contributed by atoms with Crippen LogP contribution in [0, 0.1) is 0 Å². The predicted octanol–water partition coefficient (Wildman–Crippen LogP) is 2.14. The molecule has 3 rings (SSSR count). The third kappa shape index (κ3) is 2.61. The van der Waals surface area contributed by atoms with Crippen molar-refractivity contribution in [3.8, 4) is 0 Å². The molecule has 0 saturated carbocycles. The monoisotopic (exact) mass is 248 g/mol. The summed E-state index contributed by atoms with van der Waals surface area (Å²) in [5, 5.41) is 3.62. The second-order valence-electron chi connectivity index (χ2n) is 4.88. The normalized spacial score (nSPS) is 23.8. The summed E-state index contributed by atoms with van der Waals surface area (Å²) < 4.78 is 0. The fourth-order valence-corrected chi connectivity index (χ4v) is 3.75. The molecular formula is C14H20N2S. The summed E-state index contributed by atoms with van der Waals surface area (Å²) in [5.41, 5.74) is 2.99. The standard InChI is InChI=1S/C14H20N2S/c1-2-4-14-12(3-1)5-8-16(14)9-6-13-11-17-10-7-15-13/h1-4,13,15H,5-11H2. The molecular weight excluding hydrogens is 228 g/mol. The Morgan fingerprint density at radius 3 is 3.18 bits per heavy atom. The van der Waals surface area contributed by atoms with Gasteiger partial charge in [-0.1, -0.05) is 18.2 Å². The van der Waals surface area contributed by atoms with Crippen molar-refractivity contribution in [2.45, 2.75) is 18.9 Å². The quantitative estimate of drug-likeness (QED) is 0.882. The number of fused-ring (bicyclic) bond motifs is 1. The minimum atomic E-state index is 0.724. The topological polar surface area (TPSA) is 15.3 Å². The third-order valence-corrected chi connectivity index (χ3v) is 4.86. The second kappa shape index (κ2) is 5.32. The molecule has 17 heavy (non-hydrogen) atoms. The average Bonchev–Trinajstić information content (AvgIpc) is 2.81. The predicted molar refractivity (Wildman–Crippen MR) is 76.1 cm³/mol. The number of anilines is 1. The van der Waals surface area contributed by atoms with Crippen molar-refractivity contribution in [3.05, 3.63) is 29.8 Å². The van der Waals surface area contributed by atoms with Crippen molar-refractivity contribution >= 4 is 17.4 Å². The highest BCUT2D eigenvalue weighted by Crippen LogP contribution is 2.27. The Kier molecular flexibility index (Phi) is 3.57. The number of nitrogens with one attached hydrogen (secondary N) is 1. The van der Waals surface area contributed by atoms with E-state index in [1.165, 1.54) is 55.2 Å². The molecule has 92 valence electrons. The lowest BCUT2D eigenvalue weighted by atomic mass is 10.2. The molecule has 2 heterocycles. The molecule has 2 aliphatic heterocycles. The van der Waals surface area contributed by atoms with Gasteiger partial charge >= 0.3 is 0 Å². The molecule has 0 radical (unpaired) electrons. The van der Waals surface area contributed by atoms with E-state index in [4.69, 9.17) is 0 Å². The second-order valence-corrected chi connectivity index (χ2v) is 6.03. The summed E-state index contributed by atoms with van der Waals surface area (Å²) in [5.74, 6) is 2.57. The van der Waals surface area contributed by atoms with E-state index in [9.17, 15) is 0 Å². The Labute approximate surface area is 108 Å². The van der Waals surface area contributed by atoms with E-state index in [1.807, 2.05) is 0 Å². The van der Waals surface area contributed by atoms with Gasteiger partial charge in [0.25, 0.3) is 0 Å². The highest BCUT2D eigenvalue weighted by atomic mass is 32.2. The van der Waals surface area contributed by atoms with Crippen LogP contribution in [0.1, 0.15) is 12.0 Å². The molecule has 1 unspecified atom stereocenters. The number of para-hydroxylation sites is 1. The van der Waals surface area contributed by atoms with Crippen molar-refractivity contribution in [3.63, 3.8) is 0 Å². The number of hydrogen-bond donors (Lipinski definition) is 1. The highest BCUT2D eigenvalue weighted by molar-refractivity contribution is 7.99. The molecule has 1 atom stereocenters. The highest BCUT2D eigenvalue weighted by Gasteiger charge is 2.20. The van der Waals surface area contributed by atoms with Gasteiger partial charge in [-0.05, 0) is 24.5 Å². The van der Waals surface area contributed by atoms with E-state index >= 15 is 0 Å². The van der Waals surface area contributed by atoms with Crippen molar-refractivity contribution in [2.24, 2.45) is 0 Å². The Bertz CT molecular complexity index is 374. The van der Waals surface area contributed by atoms with E-state index in [1.54, 1.807) is 0 Å². The van der Waals surface area contributed by atoms with Crippen LogP contribution in [0.3, 0.4) is 0 Å². The van der Waals surface area contributed by atoms with Gasteiger partial charge in [0, 0.05) is 42.9 Å². The average molecular weight is 248 g/mol. The smallest absolute Gasteiger partial charge is 0.0399 e. The lowest BCUT2D eigenvalue weighted by Crippen LogP contribution is -2.40. The molecule has 1 fully saturated rings. The number of hydrogen-bond acceptors (Lipinski definition) is 3. The van der Waals surface area contributed by atoms with E-state index in [2.05, 4.69) is 46.2 Å². The van der Waals surface area contributed by atoms with Crippen LogP contribution in [0.15, 0.2) is 24.3 Å². The molecule has 1 aromatic carbocycles. The molecule has 0 spiro atoms. The SMILES string of the molecule is c1ccc2c(c1)CCN2CCC1CSCCN1. The van der Waals surface area contributed by atoms with Crippen LogP contribution in [-0.4, -0.2) is 37.2 Å². The molecule has 1 aromatic rings. The van der Waals surface area contributed by atoms with E-state index in [0.29, 0.717) is 0 Å². The summed E-state index contributed by atoms with van der Waals surface area (Å²) in [6.07, 6.45) is 2.50. The fourth-order valence-electron chi connectivity index (χ4n) is 2.76. The Morgan fingerprint density at radius 1 is 1.35 bits per heavy atom. The van der Waals surface area contributed by atoms with Crippen molar-refractivity contribution < 1.29 is 0 Å². The molecule has 0 amide bonds. The molecule has 0 bridgehead atoms. The maximum Gasteiger partial charge on any atom is 0.0399 e. The summed E-state index contributed by atoms with van der Waals surface area (Å²) in [6.45, 7) is 3.60. The van der Waals surface area contributed by atoms with Gasteiger partial charge in [0.15, 0.2) is 0 Å². The van der Waals surface area contributed by atoms with Crippen LogP contribution in [0.2, 0.25) is 0 Å². The van der Waals surface area contributed by atoms with Crippen LogP contribution in [0.5, 0.6) is 0 Å². The summed E-state index contributed by atoms with van der Waals surface area (Å²) in [4.78, 5) is 2.55. The largest absolute Gasteiger partial charge is 0.371 e. The van der Waals surface area contributed by atoms with Gasteiger partial charge < -0.3 is 10.2 Å². The number of nitrogens with zero attached hydrogens (tertiary/aromatic N) is 1. The zero-order valence-electron chi connectivity index (χ0n) is 10.2. The maximum atomic E-state index is 3.62. The Morgan fingerprint density at radius 2 is 2.29 bits per heavy atom. The van der Waals surface area contributed by atoms with Gasteiger partial charge in [-0.15, -0.1) is 0 Å². The van der Waals surface area contributed by atoms with Gasteiger partial charge in [-0.3, -0.25) is 0 Å². The van der Waals surface area contributed by atoms with Crippen LogP contribution in [-0.2, 0) is 6.42 Å². The fraction of sp³-hybridized carbons (Fsp3) is 0.571. The molecule has 0 aliphatic carbocycles. The molecule has 3 heteroatoms. The van der Waals surface area contributed by atoms with Gasteiger partial charge in [-0.2, -0.15) is 11.8 Å². The maximum absolute atomic E-state index is 3.62. The summed E-state index contributed by atoms with van der Waals surface area (Å²) in [6, 6.07) is 9.57. The van der Waals surface area contributed by atoms with E-state index in [-0.39, 0.29) is 0 Å². The van der Waals surface area contributed by atoms with E-state index < -0.39 is 0 Å². The third-order valence-electron chi connectivity index (χ3n) is 3.73. The van der Waals surface area contributed by atoms with Crippen LogP contribution >= 0.6 is 11.8 Å². The molecule has 2 aliphatic rings. The Hall–Kier alpha value is -0.670. The lowest BCUT2D eigenvalue weighted by Gasteiger charge is -2.26. The lowest BCUT2D eigenvalue weighted by molar-refractivity contribution is 0.526. The van der Waals surface area contributed by atoms with Crippen LogP contribution in [0.4, 0.5) is 5.69 Å². The van der Waals surface area contributed by atoms with Crippen molar-refractivity contribution in [1.82, 2.24) is 5.32 Å². The minimum absolute atomic E-state index is 0.724. The summed E-state index contributed by atoms with van der Waals surface area (Å²) in [7, 11) is 0. The van der Waals surface area contributed by atoms with Gasteiger partial charge in [0.1, 0.15) is 0 Å². The van der Waals surface area contributed by atoms with Gasteiger partial charge in [-0.25, -0.2) is 0 Å². The first-order valence-corrected chi connectivity index (χ1v) is 7.73. The number of benzene rings is 1. The first kappa shape index (κ1) is 11.4. The number of thioether (sulfide) groups is 1. The Balaban J connectivity index is 1.56. The van der Waals surface area contributed by atoms with Gasteiger partial charge in [0.2, 0.25) is 0 Å². The molecule has 2 nitrogen and oxygen atoms in total. The van der Waals surface area contributed by atoms with E-state index in [0.717, 1.165) is 6.04 Å². The van der Waals surface area contributed by atoms with Crippen molar-refractivity contribution in [2.75, 3.05) is 36.0 Å². The summed E-state index contributed by atoms with van der Waals surface area (Å²) >= 11 is 2.09. The zero-order chi connectivity index (χ0) is 11.5.